The van der Waals surface area contributed by atoms with Crippen LogP contribution in [0, 0.1) is 6.92 Å². The van der Waals surface area contributed by atoms with Crippen molar-refractivity contribution in [2.45, 2.75) is 37.6 Å². The van der Waals surface area contributed by atoms with Crippen LogP contribution < -0.4 is 14.5 Å². The number of rotatable bonds is 8. The first-order valence-corrected chi connectivity index (χ1v) is 13.1. The van der Waals surface area contributed by atoms with E-state index in [9.17, 15) is 13.2 Å². The number of hydrogen-bond acceptors (Lipinski definition) is 4. The first-order valence-electron chi connectivity index (χ1n) is 11.6. The summed E-state index contributed by atoms with van der Waals surface area (Å²) in [6, 6.07) is 23.3. The van der Waals surface area contributed by atoms with E-state index in [1.54, 1.807) is 42.5 Å². The maximum absolute atomic E-state index is 13.4. The molecule has 3 aromatic rings. The molecular formula is C27H31N3O3S. The van der Waals surface area contributed by atoms with Gasteiger partial charge in [0.1, 0.15) is 6.54 Å². The zero-order chi connectivity index (χ0) is 24.1. The fourth-order valence-electron chi connectivity index (χ4n) is 4.20. The minimum absolute atomic E-state index is 0.147. The van der Waals surface area contributed by atoms with Gasteiger partial charge in [-0.25, -0.2) is 8.42 Å². The Hall–Kier alpha value is -3.32. The number of anilines is 2. The van der Waals surface area contributed by atoms with Crippen molar-refractivity contribution in [2.75, 3.05) is 28.8 Å². The molecule has 0 spiro atoms. The Labute approximate surface area is 202 Å². The molecule has 3 aromatic carbocycles. The van der Waals surface area contributed by atoms with Gasteiger partial charge < -0.3 is 10.2 Å². The number of amides is 1. The lowest BCUT2D eigenvalue weighted by molar-refractivity contribution is -0.120. The van der Waals surface area contributed by atoms with Crippen molar-refractivity contribution in [1.82, 2.24) is 5.32 Å². The average molecular weight is 478 g/mol. The Bertz CT molecular complexity index is 1200. The molecular weight excluding hydrogens is 446 g/mol. The number of carbonyl (C=O) groups excluding carboxylic acids is 1. The molecule has 0 aromatic heterocycles. The van der Waals surface area contributed by atoms with Crippen LogP contribution in [0.5, 0.6) is 0 Å². The van der Waals surface area contributed by atoms with E-state index in [-0.39, 0.29) is 23.4 Å². The molecule has 0 saturated carbocycles. The fourth-order valence-corrected chi connectivity index (χ4v) is 5.64. The van der Waals surface area contributed by atoms with Gasteiger partial charge in [0.2, 0.25) is 5.91 Å². The molecule has 1 fully saturated rings. The molecule has 7 heteroatoms. The van der Waals surface area contributed by atoms with Gasteiger partial charge in [-0.2, -0.15) is 0 Å². The molecule has 1 N–H and O–H groups in total. The molecule has 1 heterocycles. The molecule has 6 nitrogen and oxygen atoms in total. The van der Waals surface area contributed by atoms with Gasteiger partial charge in [-0.15, -0.1) is 0 Å². The van der Waals surface area contributed by atoms with Crippen LogP contribution in [0.1, 0.15) is 36.9 Å². The second-order valence-electron chi connectivity index (χ2n) is 8.74. The summed E-state index contributed by atoms with van der Waals surface area (Å²) in [7, 11) is -3.91. The van der Waals surface area contributed by atoms with Gasteiger partial charge in [-0.1, -0.05) is 48.0 Å². The van der Waals surface area contributed by atoms with Crippen molar-refractivity contribution in [3.8, 4) is 0 Å². The predicted octanol–water partition coefficient (Wildman–Crippen LogP) is 4.67. The highest BCUT2D eigenvalue weighted by Gasteiger charge is 2.27. The zero-order valence-electron chi connectivity index (χ0n) is 19.6. The molecule has 1 aliphatic heterocycles. The lowest BCUT2D eigenvalue weighted by atomic mass is 10.1. The molecule has 1 saturated heterocycles. The Kier molecular flexibility index (Phi) is 7.22. The molecule has 0 bridgehead atoms. The predicted molar refractivity (Wildman–Crippen MR) is 137 cm³/mol. The zero-order valence-corrected chi connectivity index (χ0v) is 20.5. The van der Waals surface area contributed by atoms with Gasteiger partial charge in [0.15, 0.2) is 0 Å². The van der Waals surface area contributed by atoms with E-state index in [1.165, 1.54) is 22.8 Å². The standard InChI is InChI=1S/C27H31N3O3S/c1-21-10-14-25(15-11-21)30(34(32,33)26-8-4-3-5-9-26)20-27(31)28-22(2)23-12-16-24(17-13-23)29-18-6-7-19-29/h3-5,8-17,22H,6-7,18-20H2,1-2H3,(H,28,31). The summed E-state index contributed by atoms with van der Waals surface area (Å²) in [5.74, 6) is -0.365. The van der Waals surface area contributed by atoms with Gasteiger partial charge in [0, 0.05) is 18.8 Å². The lowest BCUT2D eigenvalue weighted by Gasteiger charge is -2.25. The van der Waals surface area contributed by atoms with Crippen molar-refractivity contribution in [1.29, 1.82) is 0 Å². The van der Waals surface area contributed by atoms with Gasteiger partial charge in [0.05, 0.1) is 16.6 Å². The fraction of sp³-hybridized carbons (Fsp3) is 0.296. The summed E-state index contributed by atoms with van der Waals surface area (Å²) in [5, 5.41) is 2.96. The Morgan fingerprint density at radius 1 is 0.941 bits per heavy atom. The first kappa shape index (κ1) is 23.8. The third kappa shape index (κ3) is 5.42. The Balaban J connectivity index is 1.50. The number of carbonyl (C=O) groups is 1. The molecule has 178 valence electrons. The van der Waals surface area contributed by atoms with Crippen molar-refractivity contribution in [2.24, 2.45) is 0 Å². The van der Waals surface area contributed by atoms with E-state index in [1.807, 2.05) is 38.1 Å². The molecule has 1 atom stereocenters. The number of hydrogen-bond donors (Lipinski definition) is 1. The van der Waals surface area contributed by atoms with E-state index in [0.717, 1.165) is 24.2 Å². The largest absolute Gasteiger partial charge is 0.372 e. The third-order valence-corrected chi connectivity index (χ3v) is 7.97. The molecule has 1 aliphatic rings. The molecule has 34 heavy (non-hydrogen) atoms. The van der Waals surface area contributed by atoms with E-state index in [2.05, 4.69) is 22.3 Å². The number of sulfonamides is 1. The van der Waals surface area contributed by atoms with Crippen LogP contribution in [0.15, 0.2) is 83.8 Å². The van der Waals surface area contributed by atoms with Gasteiger partial charge in [-0.05, 0) is 68.7 Å². The second kappa shape index (κ2) is 10.3. The first-order chi connectivity index (χ1) is 16.3. The minimum Gasteiger partial charge on any atom is -0.372 e. The van der Waals surface area contributed by atoms with Crippen molar-refractivity contribution < 1.29 is 13.2 Å². The van der Waals surface area contributed by atoms with Crippen LogP contribution in [0.25, 0.3) is 0 Å². The van der Waals surface area contributed by atoms with Gasteiger partial charge in [0.25, 0.3) is 10.0 Å². The third-order valence-electron chi connectivity index (χ3n) is 6.18. The Morgan fingerprint density at radius 2 is 1.56 bits per heavy atom. The number of nitrogens with one attached hydrogen (secondary N) is 1. The summed E-state index contributed by atoms with van der Waals surface area (Å²) in [6.45, 7) is 5.69. The lowest BCUT2D eigenvalue weighted by Crippen LogP contribution is -2.41. The number of benzene rings is 3. The van der Waals surface area contributed by atoms with Crippen LogP contribution in [-0.2, 0) is 14.8 Å². The topological polar surface area (TPSA) is 69.7 Å². The summed E-state index contributed by atoms with van der Waals surface area (Å²) < 4.78 is 28.0. The smallest absolute Gasteiger partial charge is 0.264 e. The van der Waals surface area contributed by atoms with Crippen LogP contribution >= 0.6 is 0 Å². The van der Waals surface area contributed by atoms with Crippen molar-refractivity contribution in [3.63, 3.8) is 0 Å². The Morgan fingerprint density at radius 3 is 2.18 bits per heavy atom. The molecule has 1 amide bonds. The highest BCUT2D eigenvalue weighted by Crippen LogP contribution is 2.25. The summed E-state index contributed by atoms with van der Waals surface area (Å²) >= 11 is 0. The van der Waals surface area contributed by atoms with Gasteiger partial charge in [-0.3, -0.25) is 9.10 Å². The number of nitrogens with zero attached hydrogens (tertiary/aromatic N) is 2. The average Bonchev–Trinajstić information content (AvgIpc) is 3.39. The van der Waals surface area contributed by atoms with Crippen LogP contribution in [0.2, 0.25) is 0 Å². The van der Waals surface area contributed by atoms with Crippen LogP contribution in [0.4, 0.5) is 11.4 Å². The minimum atomic E-state index is -3.91. The van der Waals surface area contributed by atoms with Crippen molar-refractivity contribution >= 4 is 27.3 Å². The summed E-state index contributed by atoms with van der Waals surface area (Å²) in [6.07, 6.45) is 2.44. The highest BCUT2D eigenvalue weighted by atomic mass is 32.2. The maximum atomic E-state index is 13.4. The van der Waals surface area contributed by atoms with E-state index >= 15 is 0 Å². The second-order valence-corrected chi connectivity index (χ2v) is 10.6. The summed E-state index contributed by atoms with van der Waals surface area (Å²) in [5.41, 5.74) is 3.63. The highest BCUT2D eigenvalue weighted by molar-refractivity contribution is 7.92. The van der Waals surface area contributed by atoms with Crippen LogP contribution in [-0.4, -0.2) is 34.0 Å². The normalized spacial score (nSPS) is 14.6. The molecule has 1 unspecified atom stereocenters. The molecule has 0 aliphatic carbocycles. The van der Waals surface area contributed by atoms with Gasteiger partial charge >= 0.3 is 0 Å². The quantitative estimate of drug-likeness (QED) is 0.512. The van der Waals surface area contributed by atoms with E-state index in [4.69, 9.17) is 0 Å². The SMILES string of the molecule is Cc1ccc(N(CC(=O)NC(C)c2ccc(N3CCCC3)cc2)S(=O)(=O)c2ccccc2)cc1. The number of aryl methyl sites for hydroxylation is 1. The molecule has 4 rings (SSSR count). The molecule has 0 radical (unpaired) electrons. The van der Waals surface area contributed by atoms with Crippen molar-refractivity contribution in [3.05, 3.63) is 90.0 Å². The monoisotopic (exact) mass is 477 g/mol. The van der Waals surface area contributed by atoms with Crippen LogP contribution in [0.3, 0.4) is 0 Å². The maximum Gasteiger partial charge on any atom is 0.264 e. The summed E-state index contributed by atoms with van der Waals surface area (Å²) in [4.78, 5) is 15.5. The van der Waals surface area contributed by atoms with E-state index in [0.29, 0.717) is 5.69 Å². The van der Waals surface area contributed by atoms with E-state index < -0.39 is 10.0 Å².